The van der Waals surface area contributed by atoms with Crippen molar-refractivity contribution in [1.29, 1.82) is 0 Å². The third-order valence-corrected chi connectivity index (χ3v) is 5.39. The highest BCUT2D eigenvalue weighted by molar-refractivity contribution is 7.93. The van der Waals surface area contributed by atoms with Gasteiger partial charge < -0.3 is 4.74 Å². The number of nitrogens with zero attached hydrogens (tertiary/aromatic N) is 1. The predicted molar refractivity (Wildman–Crippen MR) is 84.2 cm³/mol. The van der Waals surface area contributed by atoms with Gasteiger partial charge in [-0.2, -0.15) is 0 Å². The number of anilines is 1. The number of aromatic nitrogens is 1. The van der Waals surface area contributed by atoms with Crippen LogP contribution in [0.5, 0.6) is 0 Å². The normalized spacial score (nSPS) is 11.6. The van der Waals surface area contributed by atoms with E-state index in [0.29, 0.717) is 18.3 Å². The molecule has 0 amide bonds. The van der Waals surface area contributed by atoms with Crippen molar-refractivity contribution in [2.45, 2.75) is 32.3 Å². The van der Waals surface area contributed by atoms with E-state index < -0.39 is 10.0 Å². The second-order valence-corrected chi connectivity index (χ2v) is 7.44. The van der Waals surface area contributed by atoms with Crippen LogP contribution in [0.4, 0.5) is 5.13 Å². The lowest BCUT2D eigenvalue weighted by Crippen LogP contribution is -2.13. The van der Waals surface area contributed by atoms with Crippen LogP contribution in [0.3, 0.4) is 0 Å². The number of benzene rings is 1. The van der Waals surface area contributed by atoms with Gasteiger partial charge in [0.05, 0.1) is 17.2 Å². The van der Waals surface area contributed by atoms with Crippen LogP contribution >= 0.6 is 11.3 Å². The van der Waals surface area contributed by atoms with E-state index in [-0.39, 0.29) is 4.90 Å². The molecule has 1 heterocycles. The van der Waals surface area contributed by atoms with Gasteiger partial charge in [0.2, 0.25) is 0 Å². The predicted octanol–water partition coefficient (Wildman–Crippen LogP) is 3.10. The largest absolute Gasteiger partial charge is 0.377 e. The summed E-state index contributed by atoms with van der Waals surface area (Å²) >= 11 is 1.33. The molecule has 0 spiro atoms. The van der Waals surface area contributed by atoms with Crippen molar-refractivity contribution < 1.29 is 13.2 Å². The van der Waals surface area contributed by atoms with Crippen LogP contribution in [-0.4, -0.2) is 20.0 Å². The van der Waals surface area contributed by atoms with Crippen molar-refractivity contribution in [1.82, 2.24) is 4.98 Å². The van der Waals surface area contributed by atoms with E-state index in [1.54, 1.807) is 18.2 Å². The molecule has 0 atom stereocenters. The molecular formula is C14H18N2O3S2. The molecule has 0 aliphatic carbocycles. The van der Waals surface area contributed by atoms with Crippen LogP contribution in [0.15, 0.2) is 29.2 Å². The Labute approximate surface area is 129 Å². The molecule has 2 aromatic rings. The summed E-state index contributed by atoms with van der Waals surface area (Å²) < 4.78 is 32.5. The Morgan fingerprint density at radius 2 is 2.10 bits per heavy atom. The second-order valence-electron chi connectivity index (χ2n) is 4.55. The third-order valence-electron chi connectivity index (χ3n) is 2.93. The van der Waals surface area contributed by atoms with E-state index in [1.165, 1.54) is 11.3 Å². The minimum Gasteiger partial charge on any atom is -0.377 e. The first-order chi connectivity index (χ1) is 9.92. The first kappa shape index (κ1) is 15.9. The Hall–Kier alpha value is -1.44. The monoisotopic (exact) mass is 326 g/mol. The molecule has 1 aromatic carbocycles. The van der Waals surface area contributed by atoms with E-state index in [2.05, 4.69) is 9.71 Å². The number of nitrogens with one attached hydrogen (secondary N) is 1. The molecule has 0 bridgehead atoms. The molecule has 0 unspecified atom stereocenters. The summed E-state index contributed by atoms with van der Waals surface area (Å²) in [6.45, 7) is 6.65. The minimum atomic E-state index is -3.62. The van der Waals surface area contributed by atoms with Gasteiger partial charge in [-0.05, 0) is 38.5 Å². The highest BCUT2D eigenvalue weighted by Crippen LogP contribution is 2.24. The van der Waals surface area contributed by atoms with Crippen LogP contribution in [0.25, 0.3) is 0 Å². The van der Waals surface area contributed by atoms with Crippen LogP contribution in [-0.2, 0) is 21.4 Å². The molecule has 114 valence electrons. The number of rotatable bonds is 6. The zero-order chi connectivity index (χ0) is 15.5. The van der Waals surface area contributed by atoms with Crippen molar-refractivity contribution >= 4 is 26.5 Å². The zero-order valence-electron chi connectivity index (χ0n) is 12.2. The number of sulfonamides is 1. The fraction of sp³-hybridized carbons (Fsp3) is 0.357. The molecule has 0 fully saturated rings. The van der Waals surface area contributed by atoms with Crippen molar-refractivity contribution in [3.05, 3.63) is 40.4 Å². The van der Waals surface area contributed by atoms with Crippen LogP contribution < -0.4 is 4.72 Å². The molecule has 0 saturated heterocycles. The van der Waals surface area contributed by atoms with Gasteiger partial charge in [0.15, 0.2) is 5.13 Å². The number of aryl methyl sites for hydroxylation is 2. The summed E-state index contributed by atoms with van der Waals surface area (Å²) in [6.07, 6.45) is 0. The summed E-state index contributed by atoms with van der Waals surface area (Å²) in [7, 11) is -3.62. The summed E-state index contributed by atoms with van der Waals surface area (Å²) in [5.74, 6) is 0. The Kier molecular flexibility index (Phi) is 4.97. The average molecular weight is 326 g/mol. The summed E-state index contributed by atoms with van der Waals surface area (Å²) in [5.41, 5.74) is 1.66. The molecule has 7 heteroatoms. The third kappa shape index (κ3) is 4.03. The molecule has 0 saturated carbocycles. The Morgan fingerprint density at radius 1 is 1.33 bits per heavy atom. The number of hydrogen-bond acceptors (Lipinski definition) is 5. The maximum Gasteiger partial charge on any atom is 0.263 e. The summed E-state index contributed by atoms with van der Waals surface area (Å²) in [5, 5.41) is 0.389. The van der Waals surface area contributed by atoms with Crippen LogP contribution in [0.2, 0.25) is 0 Å². The van der Waals surface area contributed by atoms with Gasteiger partial charge in [-0.3, -0.25) is 4.72 Å². The van der Waals surface area contributed by atoms with Gasteiger partial charge >= 0.3 is 0 Å². The van der Waals surface area contributed by atoms with Gasteiger partial charge in [0, 0.05) is 11.5 Å². The topological polar surface area (TPSA) is 68.3 Å². The van der Waals surface area contributed by atoms with Gasteiger partial charge in [0.25, 0.3) is 10.0 Å². The average Bonchev–Trinajstić information content (AvgIpc) is 2.74. The number of hydrogen-bond donors (Lipinski definition) is 1. The quantitative estimate of drug-likeness (QED) is 0.885. The Balaban J connectivity index is 2.22. The van der Waals surface area contributed by atoms with Crippen LogP contribution in [0, 0.1) is 13.8 Å². The molecule has 1 N–H and O–H groups in total. The Bertz CT molecular complexity index is 704. The van der Waals surface area contributed by atoms with Crippen molar-refractivity contribution in [3.8, 4) is 0 Å². The number of thiazole rings is 1. The van der Waals surface area contributed by atoms with E-state index in [0.717, 1.165) is 16.1 Å². The van der Waals surface area contributed by atoms with E-state index >= 15 is 0 Å². The first-order valence-electron chi connectivity index (χ1n) is 6.56. The molecule has 5 nitrogen and oxygen atoms in total. The standard InChI is InChI=1S/C14H18N2O3S2/c1-4-19-9-12-6-5-7-13(8-12)21(17,18)16-14-15-10(2)11(3)20-14/h5-8H,4,9H2,1-3H3,(H,15,16). The smallest absolute Gasteiger partial charge is 0.263 e. The maximum atomic E-state index is 12.4. The van der Waals surface area contributed by atoms with Gasteiger partial charge in [-0.15, -0.1) is 11.3 Å². The lowest BCUT2D eigenvalue weighted by atomic mass is 10.2. The zero-order valence-corrected chi connectivity index (χ0v) is 13.8. The minimum absolute atomic E-state index is 0.213. The van der Waals surface area contributed by atoms with E-state index in [1.807, 2.05) is 26.8 Å². The highest BCUT2D eigenvalue weighted by Gasteiger charge is 2.17. The fourth-order valence-electron chi connectivity index (χ4n) is 1.71. The molecule has 0 radical (unpaired) electrons. The first-order valence-corrected chi connectivity index (χ1v) is 8.86. The van der Waals surface area contributed by atoms with Crippen molar-refractivity contribution in [2.75, 3.05) is 11.3 Å². The molecule has 1 aromatic heterocycles. The van der Waals surface area contributed by atoms with Crippen molar-refractivity contribution in [3.63, 3.8) is 0 Å². The number of ether oxygens (including phenoxy) is 1. The molecule has 0 aliphatic heterocycles. The fourth-order valence-corrected chi connectivity index (χ4v) is 3.83. The molecular weight excluding hydrogens is 308 g/mol. The molecule has 2 rings (SSSR count). The second kappa shape index (κ2) is 6.55. The lowest BCUT2D eigenvalue weighted by molar-refractivity contribution is 0.134. The van der Waals surface area contributed by atoms with E-state index in [4.69, 9.17) is 4.74 Å². The van der Waals surface area contributed by atoms with Crippen molar-refractivity contribution in [2.24, 2.45) is 0 Å². The Morgan fingerprint density at radius 3 is 2.71 bits per heavy atom. The summed E-state index contributed by atoms with van der Waals surface area (Å²) in [4.78, 5) is 5.41. The summed E-state index contributed by atoms with van der Waals surface area (Å²) in [6, 6.07) is 6.73. The van der Waals surface area contributed by atoms with Gasteiger partial charge in [-0.1, -0.05) is 12.1 Å². The SMILES string of the molecule is CCOCc1cccc(S(=O)(=O)Nc2nc(C)c(C)s2)c1. The van der Waals surface area contributed by atoms with Gasteiger partial charge in [-0.25, -0.2) is 13.4 Å². The van der Waals surface area contributed by atoms with Gasteiger partial charge in [0.1, 0.15) is 0 Å². The molecule has 0 aliphatic rings. The maximum absolute atomic E-state index is 12.4. The van der Waals surface area contributed by atoms with Crippen LogP contribution in [0.1, 0.15) is 23.1 Å². The lowest BCUT2D eigenvalue weighted by Gasteiger charge is -2.07. The van der Waals surface area contributed by atoms with E-state index in [9.17, 15) is 8.42 Å². The highest BCUT2D eigenvalue weighted by atomic mass is 32.2. The molecule has 21 heavy (non-hydrogen) atoms.